The SMILES string of the molecule is CC(C)CNC(C)CC(C)(C)C. The van der Waals surface area contributed by atoms with Crippen LogP contribution in [0.25, 0.3) is 0 Å². The Hall–Kier alpha value is -0.0400. The first kappa shape index (κ1) is 12.0. The second kappa shape index (κ2) is 4.86. The van der Waals surface area contributed by atoms with E-state index < -0.39 is 0 Å². The van der Waals surface area contributed by atoms with Gasteiger partial charge in [-0.2, -0.15) is 0 Å². The van der Waals surface area contributed by atoms with Gasteiger partial charge in [-0.05, 0) is 31.2 Å². The molecule has 0 fully saturated rings. The third-order valence-corrected chi connectivity index (χ3v) is 1.79. The number of rotatable bonds is 4. The van der Waals surface area contributed by atoms with E-state index in [9.17, 15) is 0 Å². The van der Waals surface area contributed by atoms with E-state index in [0.29, 0.717) is 11.5 Å². The van der Waals surface area contributed by atoms with Gasteiger partial charge in [-0.15, -0.1) is 0 Å². The van der Waals surface area contributed by atoms with Crippen LogP contribution in [0.1, 0.15) is 48.0 Å². The third-order valence-electron chi connectivity index (χ3n) is 1.79. The van der Waals surface area contributed by atoms with Crippen molar-refractivity contribution >= 4 is 0 Å². The lowest BCUT2D eigenvalue weighted by Gasteiger charge is -2.24. The highest BCUT2D eigenvalue weighted by molar-refractivity contribution is 4.70. The molecule has 0 rings (SSSR count). The van der Waals surface area contributed by atoms with Crippen LogP contribution >= 0.6 is 0 Å². The van der Waals surface area contributed by atoms with Crippen molar-refractivity contribution in [3.8, 4) is 0 Å². The van der Waals surface area contributed by atoms with Crippen LogP contribution in [0.4, 0.5) is 0 Å². The second-order valence-corrected chi connectivity index (χ2v) is 5.47. The standard InChI is InChI=1S/C11H25N/c1-9(2)8-12-10(3)7-11(4,5)6/h9-10,12H,7-8H2,1-6H3. The van der Waals surface area contributed by atoms with E-state index in [2.05, 4.69) is 46.9 Å². The lowest BCUT2D eigenvalue weighted by molar-refractivity contribution is 0.313. The number of nitrogens with one attached hydrogen (secondary N) is 1. The van der Waals surface area contributed by atoms with Gasteiger partial charge in [-0.25, -0.2) is 0 Å². The number of hydrogen-bond acceptors (Lipinski definition) is 1. The molecule has 1 N–H and O–H groups in total. The van der Waals surface area contributed by atoms with Crippen LogP contribution in [0.2, 0.25) is 0 Å². The van der Waals surface area contributed by atoms with E-state index in [0.717, 1.165) is 12.5 Å². The molecule has 1 unspecified atom stereocenters. The van der Waals surface area contributed by atoms with Gasteiger partial charge < -0.3 is 5.32 Å². The summed E-state index contributed by atoms with van der Waals surface area (Å²) in [6, 6.07) is 0.646. The normalized spacial score (nSPS) is 15.2. The summed E-state index contributed by atoms with van der Waals surface area (Å²) in [7, 11) is 0. The largest absolute Gasteiger partial charge is 0.314 e. The molecule has 0 aromatic heterocycles. The fourth-order valence-electron chi connectivity index (χ4n) is 1.43. The lowest BCUT2D eigenvalue weighted by atomic mass is 9.88. The molecule has 0 saturated heterocycles. The Kier molecular flexibility index (Phi) is 4.84. The molecule has 12 heavy (non-hydrogen) atoms. The van der Waals surface area contributed by atoms with Gasteiger partial charge in [0.1, 0.15) is 0 Å². The van der Waals surface area contributed by atoms with E-state index in [4.69, 9.17) is 0 Å². The second-order valence-electron chi connectivity index (χ2n) is 5.47. The van der Waals surface area contributed by atoms with Gasteiger partial charge in [0.15, 0.2) is 0 Å². The monoisotopic (exact) mass is 171 g/mol. The number of hydrogen-bond donors (Lipinski definition) is 1. The summed E-state index contributed by atoms with van der Waals surface area (Å²) in [6.07, 6.45) is 1.25. The van der Waals surface area contributed by atoms with Gasteiger partial charge in [-0.3, -0.25) is 0 Å². The Morgan fingerprint density at radius 3 is 1.92 bits per heavy atom. The van der Waals surface area contributed by atoms with Crippen LogP contribution in [0.3, 0.4) is 0 Å². The van der Waals surface area contributed by atoms with Crippen molar-refractivity contribution in [1.29, 1.82) is 0 Å². The summed E-state index contributed by atoms with van der Waals surface area (Å²) in [6.45, 7) is 14.8. The minimum Gasteiger partial charge on any atom is -0.314 e. The molecule has 1 heteroatoms. The van der Waals surface area contributed by atoms with Gasteiger partial charge >= 0.3 is 0 Å². The van der Waals surface area contributed by atoms with Crippen molar-refractivity contribution in [2.24, 2.45) is 11.3 Å². The summed E-state index contributed by atoms with van der Waals surface area (Å²) in [4.78, 5) is 0. The first-order valence-electron chi connectivity index (χ1n) is 5.04. The predicted octanol–water partition coefficient (Wildman–Crippen LogP) is 3.06. The Balaban J connectivity index is 3.53. The van der Waals surface area contributed by atoms with Gasteiger partial charge in [0, 0.05) is 6.04 Å². The van der Waals surface area contributed by atoms with Crippen molar-refractivity contribution in [2.45, 2.75) is 54.0 Å². The maximum Gasteiger partial charge on any atom is 0.00438 e. The third kappa shape index (κ3) is 8.06. The van der Waals surface area contributed by atoms with E-state index in [1.807, 2.05) is 0 Å². The molecule has 0 radical (unpaired) electrons. The van der Waals surface area contributed by atoms with Crippen molar-refractivity contribution in [3.63, 3.8) is 0 Å². The van der Waals surface area contributed by atoms with Crippen LogP contribution in [-0.2, 0) is 0 Å². The van der Waals surface area contributed by atoms with Crippen LogP contribution in [-0.4, -0.2) is 12.6 Å². The summed E-state index contributed by atoms with van der Waals surface area (Å²) >= 11 is 0. The molecule has 1 atom stereocenters. The van der Waals surface area contributed by atoms with Crippen LogP contribution in [0, 0.1) is 11.3 Å². The molecule has 0 saturated carbocycles. The van der Waals surface area contributed by atoms with Crippen LogP contribution in [0.15, 0.2) is 0 Å². The summed E-state index contributed by atoms with van der Waals surface area (Å²) < 4.78 is 0. The molecule has 0 aliphatic heterocycles. The average molecular weight is 171 g/mol. The Morgan fingerprint density at radius 2 is 1.58 bits per heavy atom. The molecule has 0 aromatic carbocycles. The van der Waals surface area contributed by atoms with E-state index in [1.165, 1.54) is 6.42 Å². The highest BCUT2D eigenvalue weighted by Gasteiger charge is 2.14. The lowest BCUT2D eigenvalue weighted by Crippen LogP contribution is -2.32. The van der Waals surface area contributed by atoms with E-state index >= 15 is 0 Å². The van der Waals surface area contributed by atoms with Crippen molar-refractivity contribution < 1.29 is 0 Å². The molecule has 0 aliphatic rings. The zero-order valence-corrected chi connectivity index (χ0v) is 9.57. The zero-order chi connectivity index (χ0) is 9.78. The predicted molar refractivity (Wildman–Crippen MR) is 56.4 cm³/mol. The Morgan fingerprint density at radius 1 is 1.08 bits per heavy atom. The quantitative estimate of drug-likeness (QED) is 0.685. The zero-order valence-electron chi connectivity index (χ0n) is 9.57. The Labute approximate surface area is 77.9 Å². The van der Waals surface area contributed by atoms with Gasteiger partial charge in [-0.1, -0.05) is 34.6 Å². The summed E-state index contributed by atoms with van der Waals surface area (Å²) in [5, 5.41) is 3.54. The first-order valence-corrected chi connectivity index (χ1v) is 5.04. The van der Waals surface area contributed by atoms with Gasteiger partial charge in [0.2, 0.25) is 0 Å². The molecule has 0 heterocycles. The van der Waals surface area contributed by atoms with Crippen molar-refractivity contribution in [3.05, 3.63) is 0 Å². The van der Waals surface area contributed by atoms with Gasteiger partial charge in [0.05, 0.1) is 0 Å². The molecular weight excluding hydrogens is 146 g/mol. The smallest absolute Gasteiger partial charge is 0.00438 e. The topological polar surface area (TPSA) is 12.0 Å². The molecule has 74 valence electrons. The van der Waals surface area contributed by atoms with Crippen LogP contribution in [0.5, 0.6) is 0 Å². The maximum absolute atomic E-state index is 3.54. The highest BCUT2D eigenvalue weighted by Crippen LogP contribution is 2.20. The molecule has 0 spiro atoms. The van der Waals surface area contributed by atoms with Crippen molar-refractivity contribution in [1.82, 2.24) is 5.32 Å². The average Bonchev–Trinajstić information content (AvgIpc) is 1.79. The molecular formula is C11H25N. The summed E-state index contributed by atoms with van der Waals surface area (Å²) in [5.74, 6) is 0.757. The maximum atomic E-state index is 3.54. The fourth-order valence-corrected chi connectivity index (χ4v) is 1.43. The molecule has 1 nitrogen and oxygen atoms in total. The molecule has 0 bridgehead atoms. The highest BCUT2D eigenvalue weighted by atomic mass is 14.9. The minimum atomic E-state index is 0.448. The molecule has 0 aliphatic carbocycles. The van der Waals surface area contributed by atoms with Gasteiger partial charge in [0.25, 0.3) is 0 Å². The fraction of sp³-hybridized carbons (Fsp3) is 1.00. The first-order chi connectivity index (χ1) is 5.31. The van der Waals surface area contributed by atoms with E-state index in [-0.39, 0.29) is 0 Å². The van der Waals surface area contributed by atoms with Crippen molar-refractivity contribution in [2.75, 3.05) is 6.54 Å². The van der Waals surface area contributed by atoms with E-state index in [1.54, 1.807) is 0 Å². The minimum absolute atomic E-state index is 0.448. The summed E-state index contributed by atoms with van der Waals surface area (Å²) in [5.41, 5.74) is 0.448. The molecule has 0 aromatic rings. The molecule has 0 amide bonds. The Bertz CT molecular complexity index is 111. The van der Waals surface area contributed by atoms with Crippen LogP contribution < -0.4 is 5.32 Å².